The van der Waals surface area contributed by atoms with Crippen molar-refractivity contribution in [1.82, 2.24) is 0 Å². The van der Waals surface area contributed by atoms with Gasteiger partial charge in [0.15, 0.2) is 0 Å². The van der Waals surface area contributed by atoms with Crippen LogP contribution < -0.4 is 0 Å². The highest BCUT2D eigenvalue weighted by Gasteiger charge is 2.31. The van der Waals surface area contributed by atoms with E-state index in [0.29, 0.717) is 0 Å². The van der Waals surface area contributed by atoms with Crippen molar-refractivity contribution in [3.05, 3.63) is 0 Å². The van der Waals surface area contributed by atoms with Crippen LogP contribution in [-0.4, -0.2) is 18.4 Å². The SMILES string of the molecule is CCN=C(C)C(F)(F)F. The molecule has 0 aromatic heterocycles. The third kappa shape index (κ3) is 3.11. The molecule has 0 aliphatic rings. The van der Waals surface area contributed by atoms with Gasteiger partial charge < -0.3 is 0 Å². The van der Waals surface area contributed by atoms with Crippen molar-refractivity contribution >= 4 is 5.71 Å². The summed E-state index contributed by atoms with van der Waals surface area (Å²) in [5, 5.41) is 0. The quantitative estimate of drug-likeness (QED) is 0.493. The summed E-state index contributed by atoms with van der Waals surface area (Å²) in [5.74, 6) is 0. The highest BCUT2D eigenvalue weighted by atomic mass is 19.4. The molecule has 0 heterocycles. The van der Waals surface area contributed by atoms with Crippen molar-refractivity contribution in [2.24, 2.45) is 4.99 Å². The van der Waals surface area contributed by atoms with Crippen molar-refractivity contribution in [3.63, 3.8) is 0 Å². The molecule has 0 rings (SSSR count). The van der Waals surface area contributed by atoms with Crippen LogP contribution in [0.4, 0.5) is 13.2 Å². The predicted molar refractivity (Wildman–Crippen MR) is 29.7 cm³/mol. The van der Waals surface area contributed by atoms with Gasteiger partial charge in [-0.15, -0.1) is 0 Å². The van der Waals surface area contributed by atoms with Gasteiger partial charge in [0.05, 0.1) is 0 Å². The highest BCUT2D eigenvalue weighted by molar-refractivity contribution is 5.87. The van der Waals surface area contributed by atoms with Crippen LogP contribution in [0.3, 0.4) is 0 Å². The number of aliphatic imine (C=N–C) groups is 1. The van der Waals surface area contributed by atoms with Crippen molar-refractivity contribution < 1.29 is 13.2 Å². The van der Waals surface area contributed by atoms with Crippen molar-refractivity contribution in [3.8, 4) is 0 Å². The minimum Gasteiger partial charge on any atom is -0.285 e. The van der Waals surface area contributed by atoms with Crippen molar-refractivity contribution in [1.29, 1.82) is 0 Å². The number of rotatable bonds is 1. The minimum absolute atomic E-state index is 0.186. The second kappa shape index (κ2) is 2.85. The molecule has 0 aromatic rings. The fourth-order valence-electron chi connectivity index (χ4n) is 0.327. The average Bonchev–Trinajstić information content (AvgIpc) is 1.64. The van der Waals surface area contributed by atoms with Gasteiger partial charge in [0.2, 0.25) is 0 Å². The van der Waals surface area contributed by atoms with Crippen LogP contribution in [-0.2, 0) is 0 Å². The average molecular weight is 139 g/mol. The largest absolute Gasteiger partial charge is 0.428 e. The van der Waals surface area contributed by atoms with Crippen LogP contribution in [0, 0.1) is 0 Å². The first-order valence-corrected chi connectivity index (χ1v) is 2.56. The molecule has 0 spiro atoms. The van der Waals surface area contributed by atoms with Crippen LogP contribution in [0.15, 0.2) is 4.99 Å². The molecule has 0 unspecified atom stereocenters. The van der Waals surface area contributed by atoms with E-state index in [0.717, 1.165) is 6.92 Å². The number of hydrogen-bond acceptors (Lipinski definition) is 1. The van der Waals surface area contributed by atoms with Gasteiger partial charge in [-0.1, -0.05) is 0 Å². The zero-order chi connectivity index (χ0) is 7.49. The molecule has 0 fully saturated rings. The Kier molecular flexibility index (Phi) is 2.67. The van der Waals surface area contributed by atoms with Crippen LogP contribution in [0.25, 0.3) is 0 Å². The van der Waals surface area contributed by atoms with E-state index in [1.54, 1.807) is 6.92 Å². The molecular weight excluding hydrogens is 131 g/mol. The summed E-state index contributed by atoms with van der Waals surface area (Å²) >= 11 is 0. The Morgan fingerprint density at radius 1 is 1.44 bits per heavy atom. The van der Waals surface area contributed by atoms with E-state index >= 15 is 0 Å². The van der Waals surface area contributed by atoms with E-state index in [2.05, 4.69) is 4.99 Å². The first-order chi connectivity index (χ1) is 3.98. The topological polar surface area (TPSA) is 12.4 Å². The van der Waals surface area contributed by atoms with Crippen molar-refractivity contribution in [2.45, 2.75) is 20.0 Å². The molecule has 0 aliphatic heterocycles. The van der Waals surface area contributed by atoms with Gasteiger partial charge in [0, 0.05) is 6.54 Å². The van der Waals surface area contributed by atoms with Gasteiger partial charge in [0.1, 0.15) is 5.71 Å². The molecule has 9 heavy (non-hydrogen) atoms. The third-order valence-corrected chi connectivity index (χ3v) is 0.806. The summed E-state index contributed by atoms with van der Waals surface area (Å²) in [7, 11) is 0. The summed E-state index contributed by atoms with van der Waals surface area (Å²) in [6.45, 7) is 2.71. The van der Waals surface area contributed by atoms with Crippen LogP contribution >= 0.6 is 0 Å². The Morgan fingerprint density at radius 2 is 1.89 bits per heavy atom. The van der Waals surface area contributed by atoms with E-state index in [-0.39, 0.29) is 6.54 Å². The first-order valence-electron chi connectivity index (χ1n) is 2.56. The van der Waals surface area contributed by atoms with E-state index in [9.17, 15) is 13.2 Å². The van der Waals surface area contributed by atoms with Gasteiger partial charge in [-0.2, -0.15) is 13.2 Å². The summed E-state index contributed by atoms with van der Waals surface area (Å²) in [6, 6.07) is 0. The number of hydrogen-bond donors (Lipinski definition) is 0. The maximum Gasteiger partial charge on any atom is 0.428 e. The van der Waals surface area contributed by atoms with Gasteiger partial charge in [-0.25, -0.2) is 0 Å². The molecule has 0 saturated heterocycles. The summed E-state index contributed by atoms with van der Waals surface area (Å²) in [6.07, 6.45) is -4.24. The second-order valence-electron chi connectivity index (χ2n) is 1.56. The van der Waals surface area contributed by atoms with Gasteiger partial charge in [-0.05, 0) is 13.8 Å². The van der Waals surface area contributed by atoms with Gasteiger partial charge >= 0.3 is 6.18 Å². The lowest BCUT2D eigenvalue weighted by atomic mass is 10.4. The summed E-state index contributed by atoms with van der Waals surface area (Å²) in [5.41, 5.74) is -0.759. The maximum absolute atomic E-state index is 11.5. The van der Waals surface area contributed by atoms with Gasteiger partial charge in [-0.3, -0.25) is 4.99 Å². The second-order valence-corrected chi connectivity index (χ2v) is 1.56. The Bertz CT molecular complexity index is 114. The molecule has 0 N–H and O–H groups in total. The molecule has 0 radical (unpaired) electrons. The normalized spacial score (nSPS) is 14.1. The Labute approximate surface area is 51.6 Å². The summed E-state index contributed by atoms with van der Waals surface area (Å²) in [4.78, 5) is 3.19. The number of nitrogens with zero attached hydrogens (tertiary/aromatic N) is 1. The molecule has 0 saturated carbocycles. The molecule has 54 valence electrons. The van der Waals surface area contributed by atoms with E-state index in [1.807, 2.05) is 0 Å². The molecule has 0 amide bonds. The summed E-state index contributed by atoms with van der Waals surface area (Å²) < 4.78 is 34.5. The third-order valence-electron chi connectivity index (χ3n) is 0.806. The highest BCUT2D eigenvalue weighted by Crippen LogP contribution is 2.16. The lowest BCUT2D eigenvalue weighted by Gasteiger charge is -2.03. The Balaban J connectivity index is 4.03. The van der Waals surface area contributed by atoms with Gasteiger partial charge in [0.25, 0.3) is 0 Å². The van der Waals surface area contributed by atoms with Crippen LogP contribution in [0.1, 0.15) is 13.8 Å². The zero-order valence-corrected chi connectivity index (χ0v) is 5.29. The molecule has 0 aromatic carbocycles. The molecule has 4 heteroatoms. The van der Waals surface area contributed by atoms with E-state index in [4.69, 9.17) is 0 Å². The Morgan fingerprint density at radius 3 is 2.00 bits per heavy atom. The maximum atomic E-state index is 11.5. The standard InChI is InChI=1S/C5H8F3N/c1-3-9-4(2)5(6,7)8/h3H2,1-2H3. The van der Waals surface area contributed by atoms with Crippen LogP contribution in [0.2, 0.25) is 0 Å². The lowest BCUT2D eigenvalue weighted by Crippen LogP contribution is -2.19. The molecular formula is C5H8F3N. The zero-order valence-electron chi connectivity index (χ0n) is 5.29. The number of halogens is 3. The Hall–Kier alpha value is -0.540. The molecule has 1 nitrogen and oxygen atoms in total. The number of alkyl halides is 3. The molecule has 0 aliphatic carbocycles. The predicted octanol–water partition coefficient (Wildman–Crippen LogP) is 2.03. The molecule has 0 bridgehead atoms. The lowest BCUT2D eigenvalue weighted by molar-refractivity contribution is -0.0593. The van der Waals surface area contributed by atoms with E-state index in [1.165, 1.54) is 0 Å². The fraction of sp³-hybridized carbons (Fsp3) is 0.800. The monoisotopic (exact) mass is 139 g/mol. The first kappa shape index (κ1) is 8.46. The smallest absolute Gasteiger partial charge is 0.285 e. The molecule has 0 atom stereocenters. The van der Waals surface area contributed by atoms with Crippen LogP contribution in [0.5, 0.6) is 0 Å². The van der Waals surface area contributed by atoms with Crippen molar-refractivity contribution in [2.75, 3.05) is 6.54 Å². The minimum atomic E-state index is -4.24. The fourth-order valence-corrected chi connectivity index (χ4v) is 0.327. The van der Waals surface area contributed by atoms with E-state index < -0.39 is 11.9 Å².